The molecule has 1 aromatic heterocycles. The number of H-pyrrole nitrogens is 1. The number of hydrogen-bond donors (Lipinski definition) is 4. The average molecular weight is 238 g/mol. The third-order valence-electron chi connectivity index (χ3n) is 3.08. The van der Waals surface area contributed by atoms with Gasteiger partial charge in [0.15, 0.2) is 5.69 Å². The molecule has 1 aromatic rings. The zero-order valence-electron chi connectivity index (χ0n) is 9.86. The summed E-state index contributed by atoms with van der Waals surface area (Å²) in [6.07, 6.45) is 2.87. The number of amides is 1. The van der Waals surface area contributed by atoms with Crippen LogP contribution in [0.25, 0.3) is 0 Å². The second-order valence-corrected chi connectivity index (χ2v) is 4.44. The minimum Gasteiger partial charge on any atom is -0.395 e. The zero-order valence-corrected chi connectivity index (χ0v) is 9.86. The lowest BCUT2D eigenvalue weighted by atomic mass is 10.2. The van der Waals surface area contributed by atoms with Crippen molar-refractivity contribution < 1.29 is 9.90 Å². The van der Waals surface area contributed by atoms with Crippen LogP contribution in [0.4, 0.5) is 5.69 Å². The summed E-state index contributed by atoms with van der Waals surface area (Å²) in [6, 6.07) is -0.247. The van der Waals surface area contributed by atoms with Gasteiger partial charge in [-0.25, -0.2) is 0 Å². The van der Waals surface area contributed by atoms with Crippen molar-refractivity contribution in [2.45, 2.75) is 38.1 Å². The number of anilines is 1. The normalized spacial score (nSPS) is 16.8. The molecule has 1 fully saturated rings. The number of aliphatic hydroxyl groups is 1. The van der Waals surface area contributed by atoms with E-state index in [4.69, 9.17) is 10.8 Å². The Kier molecular flexibility index (Phi) is 3.33. The van der Waals surface area contributed by atoms with Crippen LogP contribution < -0.4 is 11.1 Å². The average Bonchev–Trinajstić information content (AvgIpc) is 3.09. The van der Waals surface area contributed by atoms with Crippen LogP contribution in [-0.2, 0) is 0 Å². The topological polar surface area (TPSA) is 104 Å². The van der Waals surface area contributed by atoms with Crippen molar-refractivity contribution in [2.24, 2.45) is 0 Å². The smallest absolute Gasteiger partial charge is 0.274 e. The molecule has 1 amide bonds. The molecule has 0 aliphatic heterocycles. The molecule has 0 saturated heterocycles. The highest BCUT2D eigenvalue weighted by Crippen LogP contribution is 2.42. The Morgan fingerprint density at radius 1 is 1.71 bits per heavy atom. The van der Waals surface area contributed by atoms with Crippen LogP contribution >= 0.6 is 0 Å². The molecular formula is C11H18N4O2. The Labute approximate surface area is 99.6 Å². The quantitative estimate of drug-likeness (QED) is 0.595. The number of carbonyl (C=O) groups is 1. The highest BCUT2D eigenvalue weighted by atomic mass is 16.3. The summed E-state index contributed by atoms with van der Waals surface area (Å²) < 4.78 is 0. The maximum absolute atomic E-state index is 11.9. The van der Waals surface area contributed by atoms with Gasteiger partial charge < -0.3 is 16.2 Å². The van der Waals surface area contributed by atoms with Crippen LogP contribution in [0.5, 0.6) is 0 Å². The van der Waals surface area contributed by atoms with Crippen LogP contribution in [-0.4, -0.2) is 33.9 Å². The molecule has 0 radical (unpaired) electrons. The van der Waals surface area contributed by atoms with Crippen molar-refractivity contribution in [1.82, 2.24) is 15.5 Å². The largest absolute Gasteiger partial charge is 0.395 e. The Balaban J connectivity index is 2.08. The predicted molar refractivity (Wildman–Crippen MR) is 63.6 cm³/mol. The van der Waals surface area contributed by atoms with Gasteiger partial charge in [-0.05, 0) is 19.3 Å². The monoisotopic (exact) mass is 238 g/mol. The first-order chi connectivity index (χ1) is 8.17. The number of nitrogen functional groups attached to an aromatic ring is 1. The number of nitrogens with two attached hydrogens (primary N) is 1. The molecule has 2 rings (SSSR count). The number of aliphatic hydroxyl groups excluding tert-OH is 1. The summed E-state index contributed by atoms with van der Waals surface area (Å²) in [4.78, 5) is 11.9. The fraction of sp³-hybridized carbons (Fsp3) is 0.636. The molecule has 94 valence electrons. The standard InChI is InChI=1S/C11H18N4O2/c1-2-7(5-16)13-11(17)10-8(12)9(14-15-10)6-3-4-6/h6-7,16H,2-5,12H2,1H3,(H,13,17)(H,14,15)/t7-/m0/s1. The zero-order chi connectivity index (χ0) is 12.4. The molecule has 1 saturated carbocycles. The lowest BCUT2D eigenvalue weighted by Crippen LogP contribution is -2.37. The molecule has 1 aliphatic carbocycles. The van der Waals surface area contributed by atoms with E-state index < -0.39 is 0 Å². The predicted octanol–water partition coefficient (Wildman–Crippen LogP) is 0.370. The van der Waals surface area contributed by atoms with Crippen molar-refractivity contribution in [3.8, 4) is 0 Å². The second-order valence-electron chi connectivity index (χ2n) is 4.44. The number of carbonyl (C=O) groups excluding carboxylic acids is 1. The van der Waals surface area contributed by atoms with Gasteiger partial charge >= 0.3 is 0 Å². The summed E-state index contributed by atoms with van der Waals surface area (Å²) >= 11 is 0. The minimum atomic E-state index is -0.327. The van der Waals surface area contributed by atoms with Gasteiger partial charge in [-0.3, -0.25) is 9.89 Å². The van der Waals surface area contributed by atoms with Crippen LogP contribution in [0, 0.1) is 0 Å². The van der Waals surface area contributed by atoms with Crippen molar-refractivity contribution in [2.75, 3.05) is 12.3 Å². The SMILES string of the molecule is CC[C@@H](CO)NC(=O)c1n[nH]c(C2CC2)c1N. The van der Waals surface area contributed by atoms with Crippen LogP contribution in [0.15, 0.2) is 0 Å². The summed E-state index contributed by atoms with van der Waals surface area (Å²) in [6.45, 7) is 1.81. The Hall–Kier alpha value is -1.56. The number of rotatable bonds is 5. The minimum absolute atomic E-state index is 0.0813. The summed E-state index contributed by atoms with van der Waals surface area (Å²) in [5, 5.41) is 18.5. The fourth-order valence-corrected chi connectivity index (χ4v) is 1.75. The van der Waals surface area contributed by atoms with E-state index in [2.05, 4.69) is 15.5 Å². The lowest BCUT2D eigenvalue weighted by molar-refractivity contribution is 0.0911. The fourth-order valence-electron chi connectivity index (χ4n) is 1.75. The third kappa shape index (κ3) is 2.41. The highest BCUT2D eigenvalue weighted by molar-refractivity contribution is 5.97. The molecule has 5 N–H and O–H groups in total. The Bertz CT molecular complexity index is 408. The Morgan fingerprint density at radius 3 is 2.94 bits per heavy atom. The summed E-state index contributed by atoms with van der Waals surface area (Å²) in [5.41, 5.74) is 7.43. The van der Waals surface area contributed by atoms with Gasteiger partial charge in [0.05, 0.1) is 24.0 Å². The number of aromatic nitrogens is 2. The molecule has 1 atom stereocenters. The van der Waals surface area contributed by atoms with Crippen molar-refractivity contribution >= 4 is 11.6 Å². The van der Waals surface area contributed by atoms with Gasteiger partial charge in [0, 0.05) is 5.92 Å². The van der Waals surface area contributed by atoms with E-state index in [1.807, 2.05) is 6.92 Å². The van der Waals surface area contributed by atoms with Crippen molar-refractivity contribution in [1.29, 1.82) is 0 Å². The second kappa shape index (κ2) is 4.75. The third-order valence-corrected chi connectivity index (χ3v) is 3.08. The molecule has 6 nitrogen and oxygen atoms in total. The van der Waals surface area contributed by atoms with Crippen LogP contribution in [0.2, 0.25) is 0 Å². The molecule has 0 aromatic carbocycles. The van der Waals surface area contributed by atoms with E-state index in [-0.39, 0.29) is 24.2 Å². The van der Waals surface area contributed by atoms with Crippen LogP contribution in [0.3, 0.4) is 0 Å². The lowest BCUT2D eigenvalue weighted by Gasteiger charge is -2.12. The molecule has 0 unspecified atom stereocenters. The van der Waals surface area contributed by atoms with Crippen molar-refractivity contribution in [3.63, 3.8) is 0 Å². The molecule has 0 bridgehead atoms. The first kappa shape index (κ1) is 11.9. The van der Waals surface area contributed by atoms with E-state index in [1.54, 1.807) is 0 Å². The van der Waals surface area contributed by atoms with Gasteiger partial charge in [-0.2, -0.15) is 5.10 Å². The van der Waals surface area contributed by atoms with Crippen molar-refractivity contribution in [3.05, 3.63) is 11.4 Å². The number of aromatic amines is 1. The van der Waals surface area contributed by atoms with E-state index in [1.165, 1.54) is 0 Å². The molecule has 1 heterocycles. The van der Waals surface area contributed by atoms with Gasteiger partial charge in [-0.1, -0.05) is 6.92 Å². The molecule has 17 heavy (non-hydrogen) atoms. The van der Waals surface area contributed by atoms with E-state index >= 15 is 0 Å². The van der Waals surface area contributed by atoms with Gasteiger partial charge in [0.25, 0.3) is 5.91 Å². The first-order valence-electron chi connectivity index (χ1n) is 5.92. The highest BCUT2D eigenvalue weighted by Gasteiger charge is 2.30. The van der Waals surface area contributed by atoms with Gasteiger partial charge in [0.1, 0.15) is 0 Å². The van der Waals surface area contributed by atoms with Gasteiger partial charge in [-0.15, -0.1) is 0 Å². The maximum atomic E-state index is 11.9. The summed E-state index contributed by atoms with van der Waals surface area (Å²) in [5.74, 6) is 0.107. The van der Waals surface area contributed by atoms with E-state index in [0.29, 0.717) is 18.0 Å². The van der Waals surface area contributed by atoms with E-state index in [0.717, 1.165) is 18.5 Å². The number of nitrogens with zero attached hydrogens (tertiary/aromatic N) is 1. The molecule has 1 aliphatic rings. The van der Waals surface area contributed by atoms with E-state index in [9.17, 15) is 4.79 Å². The Morgan fingerprint density at radius 2 is 2.41 bits per heavy atom. The molecular weight excluding hydrogens is 220 g/mol. The number of nitrogens with one attached hydrogen (secondary N) is 2. The van der Waals surface area contributed by atoms with Gasteiger partial charge in [0.2, 0.25) is 0 Å². The number of hydrogen-bond acceptors (Lipinski definition) is 4. The van der Waals surface area contributed by atoms with Crippen LogP contribution in [0.1, 0.15) is 48.3 Å². The maximum Gasteiger partial charge on any atom is 0.274 e. The summed E-state index contributed by atoms with van der Waals surface area (Å²) in [7, 11) is 0. The first-order valence-corrected chi connectivity index (χ1v) is 5.92. The molecule has 0 spiro atoms. The molecule has 6 heteroatoms.